The zero-order chi connectivity index (χ0) is 12.5. The van der Waals surface area contributed by atoms with E-state index in [2.05, 4.69) is 39.2 Å². The molecule has 3 atom stereocenters. The predicted molar refractivity (Wildman–Crippen MR) is 71.4 cm³/mol. The average molecular weight is 249 g/mol. The molecule has 0 spiro atoms. The quantitative estimate of drug-likeness (QED) is 0.854. The lowest BCUT2D eigenvalue weighted by Gasteiger charge is -2.18. The van der Waals surface area contributed by atoms with E-state index in [9.17, 15) is 0 Å². The molecule has 2 heterocycles. The van der Waals surface area contributed by atoms with Gasteiger partial charge in [-0.2, -0.15) is 0 Å². The smallest absolute Gasteiger partial charge is 0.224 e. The summed E-state index contributed by atoms with van der Waals surface area (Å²) in [6.07, 6.45) is 4.11. The van der Waals surface area contributed by atoms with Gasteiger partial charge in [0.15, 0.2) is 5.82 Å². The second kappa shape index (κ2) is 4.88. The maximum absolute atomic E-state index is 4.44. The van der Waals surface area contributed by atoms with Gasteiger partial charge in [-0.05, 0) is 45.1 Å². The minimum atomic E-state index is 0.414. The van der Waals surface area contributed by atoms with Crippen molar-refractivity contribution in [3.8, 4) is 0 Å². The van der Waals surface area contributed by atoms with Gasteiger partial charge >= 0.3 is 0 Å². The molecular weight excluding hydrogens is 226 g/mol. The summed E-state index contributed by atoms with van der Waals surface area (Å²) in [6, 6.07) is 0.414. The van der Waals surface area contributed by atoms with Gasteiger partial charge in [0.05, 0.1) is 6.04 Å². The van der Waals surface area contributed by atoms with Crippen molar-refractivity contribution in [1.29, 1.82) is 0 Å². The molecular formula is C13H23N5. The molecule has 0 bridgehead atoms. The third-order valence-corrected chi connectivity index (χ3v) is 4.45. The van der Waals surface area contributed by atoms with E-state index in [1.165, 1.54) is 19.3 Å². The van der Waals surface area contributed by atoms with E-state index in [-0.39, 0.29) is 0 Å². The average Bonchev–Trinajstić information content (AvgIpc) is 3.02. The van der Waals surface area contributed by atoms with Gasteiger partial charge in [0.2, 0.25) is 5.95 Å². The van der Waals surface area contributed by atoms with E-state index in [4.69, 9.17) is 0 Å². The first kappa shape index (κ1) is 12.0. The summed E-state index contributed by atoms with van der Waals surface area (Å²) >= 11 is 0. The fourth-order valence-electron chi connectivity index (χ4n) is 3.62. The largest absolute Gasteiger partial charge is 0.355 e. The van der Waals surface area contributed by atoms with Crippen molar-refractivity contribution in [3.63, 3.8) is 0 Å². The number of aromatic nitrogens is 3. The van der Waals surface area contributed by atoms with Crippen molar-refractivity contribution < 1.29 is 0 Å². The fraction of sp³-hybridized carbons (Fsp3) is 0.846. The van der Waals surface area contributed by atoms with Crippen LogP contribution in [0.3, 0.4) is 0 Å². The second-order valence-electron chi connectivity index (χ2n) is 5.40. The van der Waals surface area contributed by atoms with Crippen molar-refractivity contribution >= 4 is 5.95 Å². The Kier molecular flexibility index (Phi) is 3.24. The van der Waals surface area contributed by atoms with Crippen LogP contribution in [0.25, 0.3) is 0 Å². The van der Waals surface area contributed by atoms with Gasteiger partial charge in [0.25, 0.3) is 0 Å². The van der Waals surface area contributed by atoms with Crippen molar-refractivity contribution in [3.05, 3.63) is 5.82 Å². The minimum Gasteiger partial charge on any atom is -0.355 e. The van der Waals surface area contributed by atoms with Crippen molar-refractivity contribution in [1.82, 2.24) is 20.1 Å². The zero-order valence-electron chi connectivity index (χ0n) is 11.3. The normalized spacial score (nSPS) is 30.7. The Morgan fingerprint density at radius 1 is 1.33 bits per heavy atom. The molecule has 0 radical (unpaired) electrons. The highest BCUT2D eigenvalue weighted by molar-refractivity contribution is 5.27. The lowest BCUT2D eigenvalue weighted by atomic mass is 9.93. The summed E-state index contributed by atoms with van der Waals surface area (Å²) in [5, 5.41) is 15.7. The Morgan fingerprint density at radius 3 is 3.00 bits per heavy atom. The van der Waals surface area contributed by atoms with Crippen molar-refractivity contribution in [2.24, 2.45) is 11.8 Å². The molecule has 1 saturated carbocycles. The van der Waals surface area contributed by atoms with E-state index in [0.29, 0.717) is 6.04 Å². The molecule has 5 heteroatoms. The Hall–Kier alpha value is -1.10. The second-order valence-corrected chi connectivity index (χ2v) is 5.40. The summed E-state index contributed by atoms with van der Waals surface area (Å²) in [4.78, 5) is 0. The molecule has 18 heavy (non-hydrogen) atoms. The van der Waals surface area contributed by atoms with E-state index in [0.717, 1.165) is 43.2 Å². The topological polar surface area (TPSA) is 54.8 Å². The SMILES string of the molecule is CCNc1nnc(C2NCC3CCCC32)n1CC. The van der Waals surface area contributed by atoms with E-state index < -0.39 is 0 Å². The van der Waals surface area contributed by atoms with Crippen LogP contribution < -0.4 is 10.6 Å². The van der Waals surface area contributed by atoms with Gasteiger partial charge in [0.1, 0.15) is 0 Å². The number of hydrogen-bond donors (Lipinski definition) is 2. The first-order valence-corrected chi connectivity index (χ1v) is 7.25. The molecule has 1 aromatic heterocycles. The fourth-order valence-corrected chi connectivity index (χ4v) is 3.62. The third-order valence-electron chi connectivity index (χ3n) is 4.45. The molecule has 5 nitrogen and oxygen atoms in total. The lowest BCUT2D eigenvalue weighted by molar-refractivity contribution is 0.397. The molecule has 0 amide bonds. The van der Waals surface area contributed by atoms with Crippen LogP contribution in [0.2, 0.25) is 0 Å². The van der Waals surface area contributed by atoms with Gasteiger partial charge in [-0.1, -0.05) is 6.42 Å². The number of anilines is 1. The maximum atomic E-state index is 4.44. The van der Waals surface area contributed by atoms with Gasteiger partial charge in [-0.25, -0.2) is 0 Å². The molecule has 2 N–H and O–H groups in total. The van der Waals surface area contributed by atoms with Gasteiger partial charge < -0.3 is 10.6 Å². The molecule has 3 unspecified atom stereocenters. The molecule has 1 aliphatic carbocycles. The van der Waals surface area contributed by atoms with Gasteiger partial charge in [-0.3, -0.25) is 4.57 Å². The summed E-state index contributed by atoms with van der Waals surface area (Å²) < 4.78 is 2.22. The molecule has 100 valence electrons. The monoisotopic (exact) mass is 249 g/mol. The predicted octanol–water partition coefficient (Wildman–Crippen LogP) is 1.79. The first-order chi connectivity index (χ1) is 8.85. The highest BCUT2D eigenvalue weighted by atomic mass is 15.4. The summed E-state index contributed by atoms with van der Waals surface area (Å²) in [7, 11) is 0. The Morgan fingerprint density at radius 2 is 2.22 bits per heavy atom. The number of nitrogens with one attached hydrogen (secondary N) is 2. The van der Waals surface area contributed by atoms with Crippen LogP contribution in [0.5, 0.6) is 0 Å². The van der Waals surface area contributed by atoms with Crippen LogP contribution in [0.1, 0.15) is 45.0 Å². The first-order valence-electron chi connectivity index (χ1n) is 7.25. The van der Waals surface area contributed by atoms with Crippen LogP contribution in [-0.2, 0) is 6.54 Å². The van der Waals surface area contributed by atoms with Gasteiger partial charge in [-0.15, -0.1) is 10.2 Å². The standard InChI is InChI=1S/C13H23N5/c1-3-14-13-17-16-12(18(13)4-2)11-10-7-5-6-9(10)8-15-11/h9-11,15H,3-8H2,1-2H3,(H,14,17). The highest BCUT2D eigenvalue weighted by Gasteiger charge is 2.41. The van der Waals surface area contributed by atoms with Crippen LogP contribution >= 0.6 is 0 Å². The summed E-state index contributed by atoms with van der Waals surface area (Å²) in [6.45, 7) is 7.23. The highest BCUT2D eigenvalue weighted by Crippen LogP contribution is 2.44. The molecule has 2 aliphatic rings. The van der Waals surface area contributed by atoms with Crippen LogP contribution in [0.4, 0.5) is 5.95 Å². The van der Waals surface area contributed by atoms with Crippen LogP contribution in [0.15, 0.2) is 0 Å². The molecule has 1 aromatic rings. The van der Waals surface area contributed by atoms with E-state index in [1.54, 1.807) is 0 Å². The zero-order valence-corrected chi connectivity index (χ0v) is 11.3. The number of fused-ring (bicyclic) bond motifs is 1. The third kappa shape index (κ3) is 1.81. The van der Waals surface area contributed by atoms with E-state index in [1.807, 2.05) is 0 Å². The molecule has 2 fully saturated rings. The summed E-state index contributed by atoms with van der Waals surface area (Å²) in [5.74, 6) is 3.68. The number of hydrogen-bond acceptors (Lipinski definition) is 4. The van der Waals surface area contributed by atoms with Crippen LogP contribution in [-0.4, -0.2) is 27.9 Å². The molecule has 0 aromatic carbocycles. The Balaban J connectivity index is 1.87. The molecule has 3 rings (SSSR count). The van der Waals surface area contributed by atoms with Crippen molar-refractivity contribution in [2.45, 2.75) is 45.7 Å². The number of nitrogens with zero attached hydrogens (tertiary/aromatic N) is 3. The summed E-state index contributed by atoms with van der Waals surface area (Å²) in [5.41, 5.74) is 0. The maximum Gasteiger partial charge on any atom is 0.224 e. The molecule has 1 aliphatic heterocycles. The Labute approximate surface area is 108 Å². The number of rotatable bonds is 4. The Bertz CT molecular complexity index is 414. The van der Waals surface area contributed by atoms with E-state index >= 15 is 0 Å². The minimum absolute atomic E-state index is 0.414. The molecule has 1 saturated heterocycles. The van der Waals surface area contributed by atoms with Crippen LogP contribution in [0, 0.1) is 11.8 Å². The van der Waals surface area contributed by atoms with Gasteiger partial charge in [0, 0.05) is 13.1 Å². The van der Waals surface area contributed by atoms with Crippen molar-refractivity contribution in [2.75, 3.05) is 18.4 Å². The lowest BCUT2D eigenvalue weighted by Crippen LogP contribution is -2.22.